The molecule has 1 aromatic carbocycles. The molecule has 2 aromatic rings. The zero-order chi connectivity index (χ0) is 19.3. The van der Waals surface area contributed by atoms with E-state index in [9.17, 15) is 23.5 Å². The van der Waals surface area contributed by atoms with Gasteiger partial charge in [-0.1, -0.05) is 6.07 Å². The maximum atomic E-state index is 13.8. The number of pyridine rings is 1. The van der Waals surface area contributed by atoms with Crippen LogP contribution in [0.3, 0.4) is 0 Å². The molecule has 0 unspecified atom stereocenters. The molecular formula is C18H16BrF2NO4. The van der Waals surface area contributed by atoms with Crippen LogP contribution >= 0.6 is 15.9 Å². The Balaban J connectivity index is 2.26. The highest BCUT2D eigenvalue weighted by molar-refractivity contribution is 9.10. The Morgan fingerprint density at radius 3 is 2.50 bits per heavy atom. The number of ketones is 1. The molecule has 1 aromatic heterocycles. The highest BCUT2D eigenvalue weighted by Crippen LogP contribution is 2.30. The van der Waals surface area contributed by atoms with E-state index in [1.807, 2.05) is 0 Å². The number of carbonyl (C=O) groups is 2. The molecule has 0 saturated heterocycles. The van der Waals surface area contributed by atoms with Crippen LogP contribution in [0.2, 0.25) is 0 Å². The molecule has 0 fully saturated rings. The molecule has 0 aliphatic heterocycles. The lowest BCUT2D eigenvalue weighted by molar-refractivity contribution is -0.143. The van der Waals surface area contributed by atoms with Crippen molar-refractivity contribution in [3.63, 3.8) is 0 Å². The van der Waals surface area contributed by atoms with Gasteiger partial charge < -0.3 is 9.84 Å². The summed E-state index contributed by atoms with van der Waals surface area (Å²) in [7, 11) is 0. The van der Waals surface area contributed by atoms with Crippen molar-refractivity contribution in [3.05, 3.63) is 57.3 Å². The van der Waals surface area contributed by atoms with E-state index >= 15 is 0 Å². The largest absolute Gasteiger partial charge is 0.504 e. The molecule has 0 spiro atoms. The van der Waals surface area contributed by atoms with Gasteiger partial charge in [0.2, 0.25) is 0 Å². The molecule has 138 valence electrons. The van der Waals surface area contributed by atoms with E-state index < -0.39 is 29.1 Å². The van der Waals surface area contributed by atoms with Gasteiger partial charge in [-0.25, -0.2) is 13.8 Å². The van der Waals surface area contributed by atoms with Crippen LogP contribution in [0.5, 0.6) is 5.75 Å². The van der Waals surface area contributed by atoms with Crippen molar-refractivity contribution >= 4 is 27.7 Å². The predicted octanol–water partition coefficient (Wildman–Crippen LogP) is 3.94. The van der Waals surface area contributed by atoms with E-state index in [2.05, 4.69) is 20.9 Å². The SMILES string of the molecule is CCOC(=O)CCC(=O)c1nc(Cc2c(F)cccc2F)cc(Br)c1O. The summed E-state index contributed by atoms with van der Waals surface area (Å²) in [4.78, 5) is 27.6. The van der Waals surface area contributed by atoms with Crippen LogP contribution in [0.1, 0.15) is 41.5 Å². The summed E-state index contributed by atoms with van der Waals surface area (Å²) in [5, 5.41) is 10.0. The molecule has 0 amide bonds. The summed E-state index contributed by atoms with van der Waals surface area (Å²) in [6.45, 7) is 1.85. The fourth-order valence-corrected chi connectivity index (χ4v) is 2.74. The molecule has 5 nitrogen and oxygen atoms in total. The van der Waals surface area contributed by atoms with Crippen LogP contribution in [0.15, 0.2) is 28.7 Å². The average molecular weight is 428 g/mol. The maximum Gasteiger partial charge on any atom is 0.306 e. The minimum absolute atomic E-state index is 0.155. The third-order valence-corrected chi connectivity index (χ3v) is 4.15. The van der Waals surface area contributed by atoms with Crippen LogP contribution in [-0.2, 0) is 16.0 Å². The highest BCUT2D eigenvalue weighted by Gasteiger charge is 2.20. The van der Waals surface area contributed by atoms with Crippen molar-refractivity contribution < 1.29 is 28.2 Å². The van der Waals surface area contributed by atoms with Gasteiger partial charge >= 0.3 is 5.97 Å². The molecular weight excluding hydrogens is 412 g/mol. The lowest BCUT2D eigenvalue weighted by Crippen LogP contribution is -2.11. The fourth-order valence-electron chi connectivity index (χ4n) is 2.29. The summed E-state index contributed by atoms with van der Waals surface area (Å²) < 4.78 is 32.5. The average Bonchev–Trinajstić information content (AvgIpc) is 2.59. The summed E-state index contributed by atoms with van der Waals surface area (Å²) in [5.41, 5.74) is -0.268. The standard InChI is InChI=1S/C18H16BrF2NO4/c1-2-26-16(24)7-6-15(23)17-18(25)12(19)9-10(22-17)8-11-13(20)4-3-5-14(11)21/h3-5,9,25H,2,6-8H2,1H3. The number of benzene rings is 1. The van der Waals surface area contributed by atoms with Gasteiger partial charge in [0.1, 0.15) is 17.3 Å². The third kappa shape index (κ3) is 4.85. The summed E-state index contributed by atoms with van der Waals surface area (Å²) in [6.07, 6.45) is -0.559. The molecule has 8 heteroatoms. The molecule has 0 aliphatic carbocycles. The number of Topliss-reactive ketones (excluding diaryl/α,β-unsaturated/α-hetero) is 1. The number of ether oxygens (including phenoxy) is 1. The van der Waals surface area contributed by atoms with Crippen molar-refractivity contribution in [3.8, 4) is 5.75 Å². The second kappa shape index (κ2) is 8.84. The van der Waals surface area contributed by atoms with Gasteiger partial charge in [0.25, 0.3) is 0 Å². The molecule has 0 bridgehead atoms. The third-order valence-electron chi connectivity index (χ3n) is 3.54. The Bertz CT molecular complexity index is 822. The normalized spacial score (nSPS) is 10.6. The first-order valence-electron chi connectivity index (χ1n) is 7.83. The summed E-state index contributed by atoms with van der Waals surface area (Å²) in [5.74, 6) is -2.97. The Hall–Kier alpha value is -2.35. The number of nitrogens with zero attached hydrogens (tertiary/aromatic N) is 1. The number of halogens is 3. The van der Waals surface area contributed by atoms with E-state index in [0.29, 0.717) is 0 Å². The molecule has 26 heavy (non-hydrogen) atoms. The number of aromatic nitrogens is 1. The minimum Gasteiger partial charge on any atom is -0.504 e. The monoisotopic (exact) mass is 427 g/mol. The molecule has 2 rings (SSSR count). The number of esters is 1. The first-order valence-corrected chi connectivity index (χ1v) is 8.62. The second-order valence-electron chi connectivity index (χ2n) is 5.40. The fraction of sp³-hybridized carbons (Fsp3) is 0.278. The second-order valence-corrected chi connectivity index (χ2v) is 6.25. The smallest absolute Gasteiger partial charge is 0.306 e. The van der Waals surface area contributed by atoms with E-state index in [1.54, 1.807) is 6.92 Å². The zero-order valence-corrected chi connectivity index (χ0v) is 15.5. The molecule has 1 heterocycles. The van der Waals surface area contributed by atoms with Crippen LogP contribution < -0.4 is 0 Å². The molecule has 0 saturated carbocycles. The van der Waals surface area contributed by atoms with Gasteiger partial charge in [0, 0.05) is 24.1 Å². The Morgan fingerprint density at radius 1 is 1.23 bits per heavy atom. The van der Waals surface area contributed by atoms with E-state index in [-0.39, 0.29) is 47.3 Å². The Kier molecular flexibility index (Phi) is 6.79. The van der Waals surface area contributed by atoms with E-state index in [1.165, 1.54) is 12.1 Å². The van der Waals surface area contributed by atoms with Gasteiger partial charge in [-0.15, -0.1) is 0 Å². The van der Waals surface area contributed by atoms with Crippen LogP contribution in [0, 0.1) is 11.6 Å². The molecule has 0 atom stereocenters. The molecule has 1 N–H and O–H groups in total. The summed E-state index contributed by atoms with van der Waals surface area (Å²) >= 11 is 3.10. The highest BCUT2D eigenvalue weighted by atomic mass is 79.9. The zero-order valence-electron chi connectivity index (χ0n) is 13.9. The van der Waals surface area contributed by atoms with Gasteiger partial charge in [-0.3, -0.25) is 9.59 Å². The van der Waals surface area contributed by atoms with E-state index in [0.717, 1.165) is 12.1 Å². The van der Waals surface area contributed by atoms with Crippen molar-refractivity contribution in [2.75, 3.05) is 6.61 Å². The number of hydrogen-bond donors (Lipinski definition) is 1. The molecule has 0 radical (unpaired) electrons. The first-order chi connectivity index (χ1) is 12.3. The molecule has 0 aliphatic rings. The van der Waals surface area contributed by atoms with Crippen molar-refractivity contribution in [2.24, 2.45) is 0 Å². The first kappa shape index (κ1) is 20.0. The Morgan fingerprint density at radius 2 is 1.88 bits per heavy atom. The van der Waals surface area contributed by atoms with Crippen molar-refractivity contribution in [1.82, 2.24) is 4.98 Å². The van der Waals surface area contributed by atoms with Crippen LogP contribution in [-0.4, -0.2) is 28.4 Å². The number of carbonyl (C=O) groups excluding carboxylic acids is 2. The van der Waals surface area contributed by atoms with Gasteiger partial charge in [0.15, 0.2) is 11.5 Å². The summed E-state index contributed by atoms with van der Waals surface area (Å²) in [6, 6.07) is 4.88. The van der Waals surface area contributed by atoms with Gasteiger partial charge in [0.05, 0.1) is 17.5 Å². The van der Waals surface area contributed by atoms with Gasteiger partial charge in [-0.2, -0.15) is 0 Å². The van der Waals surface area contributed by atoms with Crippen molar-refractivity contribution in [1.29, 1.82) is 0 Å². The lowest BCUT2D eigenvalue weighted by atomic mass is 10.1. The van der Waals surface area contributed by atoms with Crippen molar-refractivity contribution in [2.45, 2.75) is 26.2 Å². The lowest BCUT2D eigenvalue weighted by Gasteiger charge is -2.10. The van der Waals surface area contributed by atoms with Crippen LogP contribution in [0.4, 0.5) is 8.78 Å². The number of rotatable bonds is 7. The number of aromatic hydroxyl groups is 1. The minimum atomic E-state index is -0.730. The van der Waals surface area contributed by atoms with E-state index in [4.69, 9.17) is 4.74 Å². The number of hydrogen-bond acceptors (Lipinski definition) is 5. The predicted molar refractivity (Wildman–Crippen MR) is 93.0 cm³/mol. The quantitative estimate of drug-likeness (QED) is 0.534. The van der Waals surface area contributed by atoms with Gasteiger partial charge in [-0.05, 0) is 41.1 Å². The van der Waals surface area contributed by atoms with Crippen LogP contribution in [0.25, 0.3) is 0 Å². The topological polar surface area (TPSA) is 76.5 Å². The Labute approximate surface area is 157 Å². The maximum absolute atomic E-state index is 13.8.